The van der Waals surface area contributed by atoms with Crippen LogP contribution in [0.2, 0.25) is 0 Å². The Kier molecular flexibility index (Phi) is 6.57. The molecule has 9 nitrogen and oxygen atoms in total. The minimum Gasteiger partial charge on any atom is -0.486 e. The lowest BCUT2D eigenvalue weighted by atomic mass is 10.0. The zero-order valence-corrected chi connectivity index (χ0v) is 19.4. The number of anilines is 1. The molecule has 0 radical (unpaired) electrons. The van der Waals surface area contributed by atoms with Crippen LogP contribution in [0, 0.1) is 0 Å². The minimum absolute atomic E-state index is 0.0525. The standard InChI is InChI=1S/C23H27N3O6S/c1-16(27)24-18-6-8-19(9-7-18)33(29,30)25(2)15-23(28)26-11-3-4-20(26)17-5-10-21-22(14-17)32-13-12-31-21/h5-10,14,20H,3-4,11-13,15H2,1-2H3,(H,24,27)/t20-/m1/s1. The summed E-state index contributed by atoms with van der Waals surface area (Å²) in [4.78, 5) is 26.0. The number of nitrogens with zero attached hydrogens (tertiary/aromatic N) is 2. The van der Waals surface area contributed by atoms with E-state index >= 15 is 0 Å². The number of carbonyl (C=O) groups excluding carboxylic acids is 2. The summed E-state index contributed by atoms with van der Waals surface area (Å²) >= 11 is 0. The highest BCUT2D eigenvalue weighted by Crippen LogP contribution is 2.38. The Labute approximate surface area is 193 Å². The van der Waals surface area contributed by atoms with Gasteiger partial charge in [-0.15, -0.1) is 0 Å². The van der Waals surface area contributed by atoms with Crippen molar-refractivity contribution in [2.24, 2.45) is 0 Å². The van der Waals surface area contributed by atoms with Crippen LogP contribution in [0.5, 0.6) is 11.5 Å². The fraction of sp³-hybridized carbons (Fsp3) is 0.391. The van der Waals surface area contributed by atoms with Gasteiger partial charge in [0.05, 0.1) is 17.5 Å². The van der Waals surface area contributed by atoms with Gasteiger partial charge in [-0.25, -0.2) is 8.42 Å². The lowest BCUT2D eigenvalue weighted by Crippen LogP contribution is -2.40. The van der Waals surface area contributed by atoms with Crippen molar-refractivity contribution in [2.45, 2.75) is 30.7 Å². The second kappa shape index (κ2) is 9.40. The monoisotopic (exact) mass is 473 g/mol. The van der Waals surface area contributed by atoms with E-state index in [1.54, 1.807) is 4.90 Å². The summed E-state index contributed by atoms with van der Waals surface area (Å²) in [6.45, 7) is 2.67. The number of hydrogen-bond acceptors (Lipinski definition) is 6. The van der Waals surface area contributed by atoms with Crippen LogP contribution in [-0.4, -0.2) is 62.8 Å². The summed E-state index contributed by atoms with van der Waals surface area (Å²) in [6.07, 6.45) is 1.64. The summed E-state index contributed by atoms with van der Waals surface area (Å²) in [7, 11) is -2.47. The molecule has 10 heteroatoms. The van der Waals surface area contributed by atoms with Crippen LogP contribution < -0.4 is 14.8 Å². The number of likely N-dealkylation sites (tertiary alicyclic amines) is 1. The second-order valence-electron chi connectivity index (χ2n) is 8.11. The number of fused-ring (bicyclic) bond motifs is 1. The number of sulfonamides is 1. The van der Waals surface area contributed by atoms with Crippen molar-refractivity contribution in [1.82, 2.24) is 9.21 Å². The molecule has 2 aromatic rings. The van der Waals surface area contributed by atoms with Crippen molar-refractivity contribution in [3.63, 3.8) is 0 Å². The van der Waals surface area contributed by atoms with Crippen LogP contribution in [0.15, 0.2) is 47.4 Å². The summed E-state index contributed by atoms with van der Waals surface area (Å²) in [5.74, 6) is 0.858. The van der Waals surface area contributed by atoms with Gasteiger partial charge in [0.1, 0.15) is 13.2 Å². The molecule has 0 unspecified atom stereocenters. The van der Waals surface area contributed by atoms with E-state index in [9.17, 15) is 18.0 Å². The molecule has 4 rings (SSSR count). The molecule has 1 fully saturated rings. The van der Waals surface area contributed by atoms with Crippen molar-refractivity contribution in [3.05, 3.63) is 48.0 Å². The van der Waals surface area contributed by atoms with E-state index in [1.807, 2.05) is 18.2 Å². The Hall–Kier alpha value is -3.11. The molecule has 0 spiro atoms. The maximum Gasteiger partial charge on any atom is 0.243 e. The first-order valence-corrected chi connectivity index (χ1v) is 12.2. The van der Waals surface area contributed by atoms with Crippen molar-refractivity contribution < 1.29 is 27.5 Å². The Morgan fingerprint density at radius 2 is 1.79 bits per heavy atom. The lowest BCUT2D eigenvalue weighted by Gasteiger charge is -2.28. The van der Waals surface area contributed by atoms with Crippen LogP contribution in [0.4, 0.5) is 5.69 Å². The number of likely N-dealkylation sites (N-methyl/N-ethyl adjacent to an activating group) is 1. The van der Waals surface area contributed by atoms with Gasteiger partial charge in [-0.1, -0.05) is 6.07 Å². The molecule has 2 aromatic carbocycles. The van der Waals surface area contributed by atoms with E-state index in [-0.39, 0.29) is 29.3 Å². The number of carbonyl (C=O) groups is 2. The van der Waals surface area contributed by atoms with Gasteiger partial charge in [0.15, 0.2) is 11.5 Å². The molecule has 0 bridgehead atoms. The first-order chi connectivity index (χ1) is 15.8. The molecule has 1 N–H and O–H groups in total. The average Bonchev–Trinajstić information content (AvgIpc) is 3.29. The summed E-state index contributed by atoms with van der Waals surface area (Å²) < 4.78 is 38.2. The highest BCUT2D eigenvalue weighted by atomic mass is 32.2. The molecule has 33 heavy (non-hydrogen) atoms. The minimum atomic E-state index is -3.87. The Morgan fingerprint density at radius 3 is 2.48 bits per heavy atom. The van der Waals surface area contributed by atoms with Crippen molar-refractivity contribution >= 4 is 27.5 Å². The molecule has 0 aromatic heterocycles. The molecule has 1 atom stereocenters. The quantitative estimate of drug-likeness (QED) is 0.691. The van der Waals surface area contributed by atoms with Crippen LogP contribution in [-0.2, 0) is 19.6 Å². The number of ether oxygens (including phenoxy) is 2. The maximum atomic E-state index is 13.1. The van der Waals surface area contributed by atoms with Gasteiger partial charge in [-0.2, -0.15) is 4.31 Å². The van der Waals surface area contributed by atoms with Gasteiger partial charge >= 0.3 is 0 Å². The van der Waals surface area contributed by atoms with E-state index in [2.05, 4.69) is 5.32 Å². The molecule has 2 heterocycles. The van der Waals surface area contributed by atoms with Crippen LogP contribution in [0.1, 0.15) is 31.4 Å². The molecular formula is C23H27N3O6S. The number of amides is 2. The third-order valence-electron chi connectivity index (χ3n) is 5.76. The number of rotatable bonds is 6. The normalized spacial score (nSPS) is 17.8. The first kappa shape index (κ1) is 23.1. The van der Waals surface area contributed by atoms with Gasteiger partial charge in [0, 0.05) is 26.2 Å². The third kappa shape index (κ3) is 4.96. The molecule has 1 saturated heterocycles. The molecular weight excluding hydrogens is 446 g/mol. The van der Waals surface area contributed by atoms with Crippen molar-refractivity contribution in [1.29, 1.82) is 0 Å². The van der Waals surface area contributed by atoms with Gasteiger partial charge < -0.3 is 19.7 Å². The fourth-order valence-electron chi connectivity index (χ4n) is 4.14. The molecule has 2 aliphatic rings. The second-order valence-corrected chi connectivity index (χ2v) is 10.2. The van der Waals surface area contributed by atoms with Gasteiger partial charge in [0.2, 0.25) is 21.8 Å². The third-order valence-corrected chi connectivity index (χ3v) is 7.58. The number of benzene rings is 2. The molecule has 0 saturated carbocycles. The smallest absolute Gasteiger partial charge is 0.243 e. The number of hydrogen-bond donors (Lipinski definition) is 1. The highest BCUT2D eigenvalue weighted by molar-refractivity contribution is 7.89. The molecule has 0 aliphatic carbocycles. The Morgan fingerprint density at radius 1 is 1.09 bits per heavy atom. The fourth-order valence-corrected chi connectivity index (χ4v) is 5.26. The predicted octanol–water partition coefficient (Wildman–Crippen LogP) is 2.40. The SMILES string of the molecule is CC(=O)Nc1ccc(S(=O)(=O)N(C)CC(=O)N2CCC[C@@H]2c2ccc3c(c2)OCCO3)cc1. The van der Waals surface area contributed by atoms with E-state index in [1.165, 1.54) is 38.2 Å². The lowest BCUT2D eigenvalue weighted by molar-refractivity contribution is -0.132. The van der Waals surface area contributed by atoms with Crippen LogP contribution >= 0.6 is 0 Å². The van der Waals surface area contributed by atoms with Crippen molar-refractivity contribution in [3.8, 4) is 11.5 Å². The molecule has 176 valence electrons. The summed E-state index contributed by atoms with van der Waals surface area (Å²) in [5, 5.41) is 2.60. The summed E-state index contributed by atoms with van der Waals surface area (Å²) in [6, 6.07) is 11.4. The van der Waals surface area contributed by atoms with Crippen LogP contribution in [0.3, 0.4) is 0 Å². The van der Waals surface area contributed by atoms with E-state index in [4.69, 9.17) is 9.47 Å². The summed E-state index contributed by atoms with van der Waals surface area (Å²) in [5.41, 5.74) is 1.45. The largest absolute Gasteiger partial charge is 0.486 e. The predicted molar refractivity (Wildman–Crippen MR) is 122 cm³/mol. The van der Waals surface area contributed by atoms with Gasteiger partial charge in [-0.3, -0.25) is 9.59 Å². The van der Waals surface area contributed by atoms with E-state index in [0.29, 0.717) is 36.9 Å². The Bertz CT molecular complexity index is 1150. The molecule has 2 amide bonds. The Balaban J connectivity index is 1.46. The zero-order chi connectivity index (χ0) is 23.6. The van der Waals surface area contributed by atoms with Crippen molar-refractivity contribution in [2.75, 3.05) is 38.7 Å². The molecule has 2 aliphatic heterocycles. The van der Waals surface area contributed by atoms with Gasteiger partial charge in [-0.05, 0) is 54.8 Å². The number of nitrogens with one attached hydrogen (secondary N) is 1. The topological polar surface area (TPSA) is 105 Å². The van der Waals surface area contributed by atoms with E-state index in [0.717, 1.165) is 22.7 Å². The highest BCUT2D eigenvalue weighted by Gasteiger charge is 2.33. The maximum absolute atomic E-state index is 13.1. The van der Waals surface area contributed by atoms with E-state index < -0.39 is 10.0 Å². The van der Waals surface area contributed by atoms with Gasteiger partial charge in [0.25, 0.3) is 0 Å². The first-order valence-electron chi connectivity index (χ1n) is 10.8. The average molecular weight is 474 g/mol. The van der Waals surface area contributed by atoms with Crippen LogP contribution in [0.25, 0.3) is 0 Å². The zero-order valence-electron chi connectivity index (χ0n) is 18.6.